The van der Waals surface area contributed by atoms with Crippen LogP contribution >= 0.6 is 0 Å². The van der Waals surface area contributed by atoms with Crippen LogP contribution in [-0.4, -0.2) is 58.9 Å². The summed E-state index contributed by atoms with van der Waals surface area (Å²) in [6, 6.07) is 7.89. The number of aryl methyl sites for hydroxylation is 2. The first-order valence-corrected chi connectivity index (χ1v) is 9.26. The highest BCUT2D eigenvalue weighted by Crippen LogP contribution is 2.20. The molecule has 3 rings (SSSR count). The van der Waals surface area contributed by atoms with Gasteiger partial charge >= 0.3 is 5.97 Å². The maximum absolute atomic E-state index is 12.9. The van der Waals surface area contributed by atoms with E-state index in [0.29, 0.717) is 43.7 Å². The molecule has 2 heterocycles. The Morgan fingerprint density at radius 2 is 1.57 bits per heavy atom. The maximum atomic E-state index is 12.9. The SMILES string of the molecule is Cc1ccc(CC(=O)N2CCN(C(=O)c3c(C)coc3CC(=O)O)CC2)cc1. The molecule has 1 saturated heterocycles. The van der Waals surface area contributed by atoms with Crippen molar-refractivity contribution >= 4 is 17.8 Å². The van der Waals surface area contributed by atoms with Gasteiger partial charge in [0.1, 0.15) is 12.2 Å². The minimum absolute atomic E-state index is 0.0435. The second-order valence-corrected chi connectivity index (χ2v) is 7.12. The standard InChI is InChI=1S/C21H24N2O5/c1-14-3-5-16(6-4-14)11-18(24)22-7-9-23(10-8-22)21(27)20-15(2)13-28-17(20)12-19(25)26/h3-6,13H,7-12H2,1-2H3,(H,25,26). The first kappa shape index (κ1) is 19.7. The molecule has 0 atom stereocenters. The third-order valence-electron chi connectivity index (χ3n) is 4.97. The summed E-state index contributed by atoms with van der Waals surface area (Å²) in [7, 11) is 0. The zero-order valence-corrected chi connectivity index (χ0v) is 16.1. The Balaban J connectivity index is 1.60. The quantitative estimate of drug-likeness (QED) is 0.852. The molecule has 28 heavy (non-hydrogen) atoms. The molecular formula is C21H24N2O5. The van der Waals surface area contributed by atoms with Crippen molar-refractivity contribution in [1.29, 1.82) is 0 Å². The average Bonchev–Trinajstić information content (AvgIpc) is 3.02. The number of piperazine rings is 1. The number of aliphatic carboxylic acids is 1. The van der Waals surface area contributed by atoms with Crippen LogP contribution in [0.15, 0.2) is 34.9 Å². The van der Waals surface area contributed by atoms with Crippen molar-refractivity contribution in [3.05, 3.63) is 58.5 Å². The first-order chi connectivity index (χ1) is 13.3. The van der Waals surface area contributed by atoms with E-state index in [2.05, 4.69) is 0 Å². The highest BCUT2D eigenvalue weighted by atomic mass is 16.4. The summed E-state index contributed by atoms with van der Waals surface area (Å²) in [6.07, 6.45) is 1.43. The molecule has 1 aliphatic rings. The van der Waals surface area contributed by atoms with Gasteiger partial charge in [-0.2, -0.15) is 0 Å². The van der Waals surface area contributed by atoms with Crippen molar-refractivity contribution < 1.29 is 23.9 Å². The monoisotopic (exact) mass is 384 g/mol. The largest absolute Gasteiger partial charge is 0.481 e. The second kappa shape index (κ2) is 8.29. The van der Waals surface area contributed by atoms with Gasteiger partial charge in [-0.3, -0.25) is 14.4 Å². The van der Waals surface area contributed by atoms with Crippen LogP contribution in [0.1, 0.15) is 32.8 Å². The minimum Gasteiger partial charge on any atom is -0.481 e. The highest BCUT2D eigenvalue weighted by molar-refractivity contribution is 5.97. The minimum atomic E-state index is -1.05. The van der Waals surface area contributed by atoms with Crippen molar-refractivity contribution in [3.8, 4) is 0 Å². The van der Waals surface area contributed by atoms with Gasteiger partial charge in [0.15, 0.2) is 0 Å². The lowest BCUT2D eigenvalue weighted by Gasteiger charge is -2.35. The highest BCUT2D eigenvalue weighted by Gasteiger charge is 2.29. The fraction of sp³-hybridized carbons (Fsp3) is 0.381. The summed E-state index contributed by atoms with van der Waals surface area (Å²) in [5.41, 5.74) is 3.07. The van der Waals surface area contributed by atoms with E-state index in [9.17, 15) is 14.4 Å². The molecule has 0 unspecified atom stereocenters. The molecule has 148 valence electrons. The molecule has 0 radical (unpaired) electrons. The number of carboxylic acids is 1. The Morgan fingerprint density at radius 1 is 0.964 bits per heavy atom. The summed E-state index contributed by atoms with van der Waals surface area (Å²) in [6.45, 7) is 5.48. The van der Waals surface area contributed by atoms with Gasteiger partial charge in [0.05, 0.1) is 18.2 Å². The fourth-order valence-electron chi connectivity index (χ4n) is 3.36. The Bertz CT molecular complexity index is 877. The number of carboxylic acid groups (broad SMARTS) is 1. The van der Waals surface area contributed by atoms with Gasteiger partial charge in [-0.05, 0) is 19.4 Å². The van der Waals surface area contributed by atoms with E-state index in [1.165, 1.54) is 6.26 Å². The fourth-order valence-corrected chi connectivity index (χ4v) is 3.36. The summed E-state index contributed by atoms with van der Waals surface area (Å²) in [4.78, 5) is 39.8. The number of carbonyl (C=O) groups excluding carboxylic acids is 2. The molecule has 1 aromatic carbocycles. The normalized spacial score (nSPS) is 14.2. The van der Waals surface area contributed by atoms with Crippen LogP contribution in [0.4, 0.5) is 0 Å². The molecule has 0 aliphatic carbocycles. The van der Waals surface area contributed by atoms with Gasteiger partial charge in [0.2, 0.25) is 5.91 Å². The van der Waals surface area contributed by atoms with E-state index in [0.717, 1.165) is 11.1 Å². The lowest BCUT2D eigenvalue weighted by atomic mass is 10.1. The molecule has 0 bridgehead atoms. The lowest BCUT2D eigenvalue weighted by molar-refractivity contribution is -0.136. The van der Waals surface area contributed by atoms with Crippen molar-refractivity contribution in [2.24, 2.45) is 0 Å². The van der Waals surface area contributed by atoms with E-state index in [4.69, 9.17) is 9.52 Å². The van der Waals surface area contributed by atoms with E-state index in [-0.39, 0.29) is 24.0 Å². The number of hydrogen-bond donors (Lipinski definition) is 1. The predicted molar refractivity (Wildman–Crippen MR) is 102 cm³/mol. The van der Waals surface area contributed by atoms with Crippen LogP contribution in [-0.2, 0) is 22.4 Å². The van der Waals surface area contributed by atoms with Gasteiger partial charge in [-0.1, -0.05) is 29.8 Å². The predicted octanol–water partition coefficient (Wildman–Crippen LogP) is 2.05. The van der Waals surface area contributed by atoms with E-state index in [1.807, 2.05) is 31.2 Å². The van der Waals surface area contributed by atoms with E-state index < -0.39 is 5.97 Å². The van der Waals surface area contributed by atoms with Crippen molar-refractivity contribution in [2.45, 2.75) is 26.7 Å². The van der Waals surface area contributed by atoms with Crippen LogP contribution in [0.25, 0.3) is 0 Å². The zero-order chi connectivity index (χ0) is 20.3. The number of hydrogen-bond acceptors (Lipinski definition) is 4. The molecule has 0 spiro atoms. The van der Waals surface area contributed by atoms with Crippen molar-refractivity contribution in [1.82, 2.24) is 9.80 Å². The van der Waals surface area contributed by atoms with Crippen LogP contribution in [0.2, 0.25) is 0 Å². The Morgan fingerprint density at radius 3 is 2.18 bits per heavy atom. The van der Waals surface area contributed by atoms with Crippen molar-refractivity contribution in [2.75, 3.05) is 26.2 Å². The van der Waals surface area contributed by atoms with Gasteiger partial charge in [-0.25, -0.2) is 0 Å². The Hall–Kier alpha value is -3.09. The van der Waals surface area contributed by atoms with Crippen LogP contribution in [0, 0.1) is 13.8 Å². The number of nitrogens with zero attached hydrogens (tertiary/aromatic N) is 2. The molecule has 1 aromatic heterocycles. The van der Waals surface area contributed by atoms with Gasteiger partial charge in [-0.15, -0.1) is 0 Å². The Labute approximate surface area is 163 Å². The number of rotatable bonds is 5. The molecule has 2 aromatic rings. The summed E-state index contributed by atoms with van der Waals surface area (Å²) in [5.74, 6) is -1.07. The van der Waals surface area contributed by atoms with Crippen molar-refractivity contribution in [3.63, 3.8) is 0 Å². The van der Waals surface area contributed by atoms with Crippen LogP contribution in [0.5, 0.6) is 0 Å². The van der Waals surface area contributed by atoms with E-state index in [1.54, 1.807) is 16.7 Å². The molecular weight excluding hydrogens is 360 g/mol. The molecule has 7 heteroatoms. The van der Waals surface area contributed by atoms with Gasteiger partial charge < -0.3 is 19.3 Å². The molecule has 0 saturated carbocycles. The zero-order valence-electron chi connectivity index (χ0n) is 16.1. The van der Waals surface area contributed by atoms with E-state index >= 15 is 0 Å². The smallest absolute Gasteiger partial charge is 0.311 e. The van der Waals surface area contributed by atoms with Crippen LogP contribution in [0.3, 0.4) is 0 Å². The third kappa shape index (κ3) is 4.42. The topological polar surface area (TPSA) is 91.1 Å². The first-order valence-electron chi connectivity index (χ1n) is 9.26. The number of benzene rings is 1. The summed E-state index contributed by atoms with van der Waals surface area (Å²) >= 11 is 0. The van der Waals surface area contributed by atoms with Crippen LogP contribution < -0.4 is 0 Å². The lowest BCUT2D eigenvalue weighted by Crippen LogP contribution is -2.51. The Kier molecular flexibility index (Phi) is 5.82. The number of carbonyl (C=O) groups is 3. The molecule has 1 aliphatic heterocycles. The van der Waals surface area contributed by atoms with Gasteiger partial charge in [0, 0.05) is 31.7 Å². The molecule has 7 nitrogen and oxygen atoms in total. The molecule has 2 amide bonds. The second-order valence-electron chi connectivity index (χ2n) is 7.12. The number of amides is 2. The third-order valence-corrected chi connectivity index (χ3v) is 4.97. The van der Waals surface area contributed by atoms with Gasteiger partial charge in [0.25, 0.3) is 5.91 Å². The average molecular weight is 384 g/mol. The molecule has 1 fully saturated rings. The summed E-state index contributed by atoms with van der Waals surface area (Å²) in [5, 5.41) is 9.00. The number of furan rings is 1. The molecule has 1 N–H and O–H groups in total. The maximum Gasteiger partial charge on any atom is 0.311 e. The summed E-state index contributed by atoms with van der Waals surface area (Å²) < 4.78 is 5.26.